The molecule has 0 bridgehead atoms. The SMILES string of the molecule is O=S1(=O)CCC(CNC(=S)Nc2ccccn2)C1. The maximum absolute atomic E-state index is 11.3. The molecule has 0 aliphatic carbocycles. The zero-order chi connectivity index (χ0) is 13.0. The number of aromatic nitrogens is 1. The maximum atomic E-state index is 11.3. The second-order valence-electron chi connectivity index (χ2n) is 4.32. The summed E-state index contributed by atoms with van der Waals surface area (Å²) in [7, 11) is -2.82. The summed E-state index contributed by atoms with van der Waals surface area (Å²) in [6, 6.07) is 5.50. The molecule has 0 radical (unpaired) electrons. The third kappa shape index (κ3) is 3.92. The molecule has 1 unspecified atom stereocenters. The molecule has 18 heavy (non-hydrogen) atoms. The highest BCUT2D eigenvalue weighted by molar-refractivity contribution is 7.91. The van der Waals surface area contributed by atoms with Crippen molar-refractivity contribution in [1.82, 2.24) is 10.3 Å². The maximum Gasteiger partial charge on any atom is 0.171 e. The van der Waals surface area contributed by atoms with E-state index in [2.05, 4.69) is 15.6 Å². The summed E-state index contributed by atoms with van der Waals surface area (Å²) in [5.41, 5.74) is 0. The first-order chi connectivity index (χ1) is 8.55. The number of hydrogen-bond donors (Lipinski definition) is 2. The second-order valence-corrected chi connectivity index (χ2v) is 6.96. The van der Waals surface area contributed by atoms with E-state index in [4.69, 9.17) is 12.2 Å². The van der Waals surface area contributed by atoms with E-state index in [-0.39, 0.29) is 11.7 Å². The molecule has 0 spiro atoms. The molecular weight excluding hydrogens is 270 g/mol. The lowest BCUT2D eigenvalue weighted by Gasteiger charge is -2.12. The number of rotatable bonds is 3. The van der Waals surface area contributed by atoms with Crippen LogP contribution in [0.1, 0.15) is 6.42 Å². The molecule has 0 amide bonds. The summed E-state index contributed by atoms with van der Waals surface area (Å²) in [5, 5.41) is 6.44. The van der Waals surface area contributed by atoms with E-state index in [0.717, 1.165) is 0 Å². The van der Waals surface area contributed by atoms with E-state index in [1.807, 2.05) is 18.2 Å². The van der Waals surface area contributed by atoms with Crippen molar-refractivity contribution >= 4 is 33.0 Å². The molecular formula is C11H15N3O2S2. The van der Waals surface area contributed by atoms with Gasteiger partial charge in [-0.05, 0) is 36.7 Å². The van der Waals surface area contributed by atoms with E-state index in [1.165, 1.54) is 0 Å². The van der Waals surface area contributed by atoms with Crippen molar-refractivity contribution in [1.29, 1.82) is 0 Å². The highest BCUT2D eigenvalue weighted by Gasteiger charge is 2.27. The van der Waals surface area contributed by atoms with Gasteiger partial charge in [0.15, 0.2) is 14.9 Å². The van der Waals surface area contributed by atoms with Crippen LogP contribution in [0.25, 0.3) is 0 Å². The average Bonchev–Trinajstić information content (AvgIpc) is 2.68. The first-order valence-electron chi connectivity index (χ1n) is 5.71. The summed E-state index contributed by atoms with van der Waals surface area (Å²) in [5.74, 6) is 1.37. The molecule has 1 saturated heterocycles. The van der Waals surface area contributed by atoms with Crippen molar-refractivity contribution < 1.29 is 8.42 Å². The Hall–Kier alpha value is -1.21. The molecule has 1 aliphatic rings. The Morgan fingerprint density at radius 3 is 2.94 bits per heavy atom. The van der Waals surface area contributed by atoms with Crippen LogP contribution in [0, 0.1) is 5.92 Å². The lowest BCUT2D eigenvalue weighted by Crippen LogP contribution is -2.33. The number of pyridine rings is 1. The quantitative estimate of drug-likeness (QED) is 0.801. The molecule has 0 aromatic carbocycles. The van der Waals surface area contributed by atoms with Gasteiger partial charge in [-0.1, -0.05) is 6.07 Å². The van der Waals surface area contributed by atoms with Crippen molar-refractivity contribution in [2.75, 3.05) is 23.4 Å². The van der Waals surface area contributed by atoms with Gasteiger partial charge in [-0.3, -0.25) is 0 Å². The highest BCUT2D eigenvalue weighted by atomic mass is 32.2. The van der Waals surface area contributed by atoms with E-state index in [0.29, 0.717) is 29.6 Å². The molecule has 1 atom stereocenters. The fraction of sp³-hybridized carbons (Fsp3) is 0.455. The van der Waals surface area contributed by atoms with E-state index in [1.54, 1.807) is 6.20 Å². The molecule has 1 aromatic heterocycles. The number of anilines is 1. The van der Waals surface area contributed by atoms with Crippen LogP contribution in [0.2, 0.25) is 0 Å². The minimum absolute atomic E-state index is 0.151. The van der Waals surface area contributed by atoms with Gasteiger partial charge < -0.3 is 10.6 Å². The van der Waals surface area contributed by atoms with E-state index < -0.39 is 9.84 Å². The van der Waals surface area contributed by atoms with Gasteiger partial charge in [0.05, 0.1) is 11.5 Å². The first-order valence-corrected chi connectivity index (χ1v) is 7.94. The Labute approximate surface area is 112 Å². The number of thiocarbonyl (C=S) groups is 1. The molecule has 7 heteroatoms. The summed E-state index contributed by atoms with van der Waals surface area (Å²) in [6.07, 6.45) is 2.38. The first kappa shape index (κ1) is 13.2. The molecule has 5 nitrogen and oxygen atoms in total. The van der Waals surface area contributed by atoms with Crippen LogP contribution in [0.5, 0.6) is 0 Å². The normalized spacial score (nSPS) is 21.4. The molecule has 98 valence electrons. The summed E-state index contributed by atoms with van der Waals surface area (Å²) < 4.78 is 22.6. The third-order valence-electron chi connectivity index (χ3n) is 2.78. The van der Waals surface area contributed by atoms with Gasteiger partial charge in [0.1, 0.15) is 5.82 Å². The molecule has 2 rings (SSSR count). The standard InChI is InChI=1S/C11H15N3O2S2/c15-18(16)6-4-9(8-18)7-13-11(17)14-10-3-1-2-5-12-10/h1-3,5,9H,4,6-8H2,(H2,12,13,14,17). The minimum atomic E-state index is -2.82. The summed E-state index contributed by atoms with van der Waals surface area (Å²) in [6.45, 7) is 0.581. The van der Waals surface area contributed by atoms with Crippen LogP contribution in [-0.4, -0.2) is 36.6 Å². The third-order valence-corrected chi connectivity index (χ3v) is 4.87. The van der Waals surface area contributed by atoms with Gasteiger partial charge in [0, 0.05) is 12.7 Å². The monoisotopic (exact) mass is 285 g/mol. The van der Waals surface area contributed by atoms with Crippen molar-refractivity contribution in [3.8, 4) is 0 Å². The zero-order valence-electron chi connectivity index (χ0n) is 9.80. The van der Waals surface area contributed by atoms with E-state index >= 15 is 0 Å². The van der Waals surface area contributed by atoms with Gasteiger partial charge in [-0.25, -0.2) is 13.4 Å². The van der Waals surface area contributed by atoms with Crippen molar-refractivity contribution in [3.05, 3.63) is 24.4 Å². The Morgan fingerprint density at radius 2 is 2.33 bits per heavy atom. The van der Waals surface area contributed by atoms with Crippen LogP contribution < -0.4 is 10.6 Å². The molecule has 1 aromatic rings. The summed E-state index contributed by atoms with van der Waals surface area (Å²) in [4.78, 5) is 4.09. The van der Waals surface area contributed by atoms with Crippen LogP contribution in [0.15, 0.2) is 24.4 Å². The van der Waals surface area contributed by atoms with Crippen molar-refractivity contribution in [3.63, 3.8) is 0 Å². The van der Waals surface area contributed by atoms with E-state index in [9.17, 15) is 8.42 Å². The topological polar surface area (TPSA) is 71.1 Å². The lowest BCUT2D eigenvalue weighted by atomic mass is 10.1. The Morgan fingerprint density at radius 1 is 1.50 bits per heavy atom. The zero-order valence-corrected chi connectivity index (χ0v) is 11.4. The van der Waals surface area contributed by atoms with Gasteiger partial charge >= 0.3 is 0 Å². The molecule has 2 N–H and O–H groups in total. The van der Waals surface area contributed by atoms with Crippen LogP contribution in [0.4, 0.5) is 5.82 Å². The number of hydrogen-bond acceptors (Lipinski definition) is 4. The van der Waals surface area contributed by atoms with Gasteiger partial charge in [0.25, 0.3) is 0 Å². The van der Waals surface area contributed by atoms with Crippen LogP contribution in [-0.2, 0) is 9.84 Å². The van der Waals surface area contributed by atoms with Gasteiger partial charge in [-0.2, -0.15) is 0 Å². The Balaban J connectivity index is 1.76. The number of sulfone groups is 1. The lowest BCUT2D eigenvalue weighted by molar-refractivity contribution is 0.574. The molecule has 0 saturated carbocycles. The highest BCUT2D eigenvalue weighted by Crippen LogP contribution is 2.17. The molecule has 2 heterocycles. The van der Waals surface area contributed by atoms with Crippen molar-refractivity contribution in [2.45, 2.75) is 6.42 Å². The fourth-order valence-electron chi connectivity index (χ4n) is 1.87. The van der Waals surface area contributed by atoms with Crippen LogP contribution in [0.3, 0.4) is 0 Å². The predicted molar refractivity (Wildman–Crippen MR) is 75.2 cm³/mol. The minimum Gasteiger partial charge on any atom is -0.362 e. The molecule has 1 fully saturated rings. The smallest absolute Gasteiger partial charge is 0.171 e. The largest absolute Gasteiger partial charge is 0.362 e. The van der Waals surface area contributed by atoms with Crippen molar-refractivity contribution in [2.24, 2.45) is 5.92 Å². The Kier molecular flexibility index (Phi) is 4.13. The number of nitrogens with one attached hydrogen (secondary N) is 2. The number of nitrogens with zero attached hydrogens (tertiary/aromatic N) is 1. The Bertz CT molecular complexity index is 516. The predicted octanol–water partition coefficient (Wildman–Crippen LogP) is 0.803. The van der Waals surface area contributed by atoms with Gasteiger partial charge in [-0.15, -0.1) is 0 Å². The fourth-order valence-corrected chi connectivity index (χ4v) is 3.92. The summed E-state index contributed by atoms with van der Waals surface area (Å²) >= 11 is 5.12. The molecule has 1 aliphatic heterocycles. The average molecular weight is 285 g/mol. The van der Waals surface area contributed by atoms with Crippen LogP contribution >= 0.6 is 12.2 Å². The van der Waals surface area contributed by atoms with Gasteiger partial charge in [0.2, 0.25) is 0 Å². The second kappa shape index (κ2) is 5.62.